The molecule has 5 heterocycles. The van der Waals surface area contributed by atoms with Crippen LogP contribution in [0.25, 0.3) is 147 Å². The molecule has 0 saturated carbocycles. The molecule has 0 saturated heterocycles. The second-order valence-electron chi connectivity index (χ2n) is 17.8. The minimum Gasteiger partial charge on any atom is -0.456 e. The van der Waals surface area contributed by atoms with E-state index in [9.17, 15) is 0 Å². The van der Waals surface area contributed by atoms with Crippen LogP contribution in [-0.4, -0.2) is 19.5 Å². The first-order valence-corrected chi connectivity index (χ1v) is 24.3. The Balaban J connectivity index is 0.00000146. The first-order valence-electron chi connectivity index (χ1n) is 23.5. The number of hydrogen-bond acceptors (Lipinski definition) is 6. The van der Waals surface area contributed by atoms with Gasteiger partial charge in [0.25, 0.3) is 0 Å². The second kappa shape index (κ2) is 15.5. The molecule has 0 N–H and O–H groups in total. The first kappa shape index (κ1) is 39.5. The van der Waals surface area contributed by atoms with Crippen molar-refractivity contribution in [2.75, 3.05) is 0 Å². The predicted molar refractivity (Wildman–Crippen MR) is 289 cm³/mol. The van der Waals surface area contributed by atoms with E-state index in [2.05, 4.69) is 176 Å². The molecule has 7 heteroatoms. The fraction of sp³-hybridized carbons (Fsp3) is 0.0484. The molecule has 6 nitrogen and oxygen atoms in total. The maximum atomic E-state index is 6.43. The fourth-order valence-corrected chi connectivity index (χ4v) is 11.7. The quantitative estimate of drug-likeness (QED) is 0.176. The fourth-order valence-electron chi connectivity index (χ4n) is 10.5. The van der Waals surface area contributed by atoms with Gasteiger partial charge in [-0.1, -0.05) is 172 Å². The van der Waals surface area contributed by atoms with E-state index in [0.717, 1.165) is 98.7 Å². The summed E-state index contributed by atoms with van der Waals surface area (Å²) in [6, 6.07) is 68.5. The molecule has 0 atom stereocenters. The van der Waals surface area contributed by atoms with E-state index in [0.29, 0.717) is 17.6 Å². The SMILES string of the molecule is CCC.c1ccc2c(c1)ccc1sc3c(-c4cccc5c6ccc7ccccc7c6n(-c6nc(-c7ccc8c(c7)oc7ccccc78)nc(-c7ccc8c(c7)oc7ccccc78)n6)c45)cccc3c12. The monoisotopic (exact) mass is 904 g/mol. The van der Waals surface area contributed by atoms with E-state index in [4.69, 9.17) is 23.8 Å². The van der Waals surface area contributed by atoms with E-state index in [1.807, 2.05) is 47.7 Å². The molecule has 326 valence electrons. The van der Waals surface area contributed by atoms with Crippen molar-refractivity contribution in [1.82, 2.24) is 19.5 Å². The highest BCUT2D eigenvalue weighted by Gasteiger charge is 2.24. The lowest BCUT2D eigenvalue weighted by Gasteiger charge is -2.14. The molecule has 0 bridgehead atoms. The summed E-state index contributed by atoms with van der Waals surface area (Å²) in [6.07, 6.45) is 1.25. The predicted octanol–water partition coefficient (Wildman–Crippen LogP) is 17.9. The molecule has 0 spiro atoms. The van der Waals surface area contributed by atoms with Crippen LogP contribution in [0.5, 0.6) is 0 Å². The van der Waals surface area contributed by atoms with Gasteiger partial charge in [-0.3, -0.25) is 4.57 Å². The van der Waals surface area contributed by atoms with E-state index >= 15 is 0 Å². The molecular formula is C62H40N4O2S. The Morgan fingerprint density at radius 3 is 1.57 bits per heavy atom. The Morgan fingerprint density at radius 2 is 0.899 bits per heavy atom. The molecule has 0 aliphatic carbocycles. The van der Waals surface area contributed by atoms with Crippen LogP contribution < -0.4 is 0 Å². The lowest BCUT2D eigenvalue weighted by Crippen LogP contribution is -2.07. The molecule has 0 radical (unpaired) electrons. The lowest BCUT2D eigenvalue weighted by atomic mass is 9.98. The summed E-state index contributed by atoms with van der Waals surface area (Å²) in [5.41, 5.74) is 9.21. The van der Waals surface area contributed by atoms with E-state index < -0.39 is 0 Å². The van der Waals surface area contributed by atoms with E-state index in [1.54, 1.807) is 0 Å². The second-order valence-corrected chi connectivity index (χ2v) is 18.8. The van der Waals surface area contributed by atoms with Crippen LogP contribution in [0.1, 0.15) is 20.3 Å². The summed E-state index contributed by atoms with van der Waals surface area (Å²) in [5, 5.41) is 13.8. The van der Waals surface area contributed by atoms with Crippen molar-refractivity contribution in [1.29, 1.82) is 0 Å². The van der Waals surface area contributed by atoms with Gasteiger partial charge in [-0.2, -0.15) is 9.97 Å². The topological polar surface area (TPSA) is 69.9 Å². The molecule has 15 aromatic rings. The van der Waals surface area contributed by atoms with Gasteiger partial charge in [-0.15, -0.1) is 11.3 Å². The highest BCUT2D eigenvalue weighted by molar-refractivity contribution is 7.26. The highest BCUT2D eigenvalue weighted by atomic mass is 32.1. The number of aromatic nitrogens is 4. The average molecular weight is 905 g/mol. The maximum Gasteiger partial charge on any atom is 0.238 e. The van der Waals surface area contributed by atoms with Gasteiger partial charge in [0, 0.05) is 80.1 Å². The Hall–Kier alpha value is -8.65. The zero-order valence-electron chi connectivity index (χ0n) is 37.7. The normalized spacial score (nSPS) is 12.0. The number of nitrogens with zero attached hydrogens (tertiary/aromatic N) is 4. The molecule has 0 aliphatic rings. The van der Waals surface area contributed by atoms with Crippen molar-refractivity contribution in [2.24, 2.45) is 0 Å². The smallest absolute Gasteiger partial charge is 0.238 e. The van der Waals surface area contributed by atoms with E-state index in [-0.39, 0.29) is 0 Å². The van der Waals surface area contributed by atoms with Crippen LogP contribution in [0.4, 0.5) is 0 Å². The lowest BCUT2D eigenvalue weighted by molar-refractivity contribution is 0.668. The molecule has 0 amide bonds. The summed E-state index contributed by atoms with van der Waals surface area (Å²) in [4.78, 5) is 16.2. The van der Waals surface area contributed by atoms with Crippen molar-refractivity contribution >= 4 is 119 Å². The van der Waals surface area contributed by atoms with Crippen molar-refractivity contribution in [3.8, 4) is 39.9 Å². The van der Waals surface area contributed by atoms with Crippen molar-refractivity contribution in [3.63, 3.8) is 0 Å². The van der Waals surface area contributed by atoms with Gasteiger partial charge >= 0.3 is 0 Å². The average Bonchev–Trinajstić information content (AvgIpc) is 4.17. The Labute approximate surface area is 399 Å². The summed E-state index contributed by atoms with van der Waals surface area (Å²) < 4.78 is 17.7. The maximum absolute atomic E-state index is 6.43. The van der Waals surface area contributed by atoms with Crippen molar-refractivity contribution in [3.05, 3.63) is 194 Å². The molecule has 10 aromatic carbocycles. The van der Waals surface area contributed by atoms with Gasteiger partial charge in [0.05, 0.1) is 11.0 Å². The van der Waals surface area contributed by atoms with Crippen LogP contribution in [0.3, 0.4) is 0 Å². The number of hydrogen-bond donors (Lipinski definition) is 0. The Bertz CT molecular complexity index is 4440. The van der Waals surface area contributed by atoms with Crippen LogP contribution >= 0.6 is 11.3 Å². The van der Waals surface area contributed by atoms with Gasteiger partial charge in [0.2, 0.25) is 5.95 Å². The van der Waals surface area contributed by atoms with Crippen molar-refractivity contribution < 1.29 is 8.83 Å². The standard InChI is InChI=1S/C59H32N4O2S.C3H8/c1-3-13-37-33(11-1)26-30-52-53(37)47-20-10-19-46(56(47)66-52)44-18-9-17-43-45-29-23-34-12-2-4-14-38(34)54(45)63(55(43)44)59-61-57(35-24-27-41-39-15-5-7-21-48(39)64-50(41)31-35)60-58(62-59)36-25-28-42-40-16-6-8-22-49(40)65-51(42)32-36;1-3-2/h1-32H;3H2,1-2H3. The van der Waals surface area contributed by atoms with E-state index in [1.165, 1.54) is 37.4 Å². The number of rotatable bonds is 4. The highest BCUT2D eigenvalue weighted by Crippen LogP contribution is 2.47. The number of thiophene rings is 1. The number of para-hydroxylation sites is 3. The number of benzene rings is 10. The summed E-state index contributed by atoms with van der Waals surface area (Å²) >= 11 is 1.85. The summed E-state index contributed by atoms with van der Waals surface area (Å²) in [5.74, 6) is 1.59. The van der Waals surface area contributed by atoms with Gasteiger partial charge in [-0.25, -0.2) is 4.98 Å². The molecule has 0 unspecified atom stereocenters. The van der Waals surface area contributed by atoms with Crippen LogP contribution in [0, 0.1) is 0 Å². The largest absolute Gasteiger partial charge is 0.456 e. The number of furan rings is 2. The third kappa shape index (κ3) is 6.07. The molecule has 15 rings (SSSR count). The van der Waals surface area contributed by atoms with Gasteiger partial charge in [-0.05, 0) is 58.6 Å². The third-order valence-electron chi connectivity index (χ3n) is 13.4. The van der Waals surface area contributed by atoms with Gasteiger partial charge in [0.15, 0.2) is 11.6 Å². The Kier molecular flexibility index (Phi) is 8.85. The summed E-state index contributed by atoms with van der Waals surface area (Å²) in [7, 11) is 0. The zero-order valence-corrected chi connectivity index (χ0v) is 38.5. The molecule has 0 aliphatic heterocycles. The third-order valence-corrected chi connectivity index (χ3v) is 14.7. The molecule has 0 fully saturated rings. The van der Waals surface area contributed by atoms with Crippen LogP contribution in [-0.2, 0) is 0 Å². The molecule has 69 heavy (non-hydrogen) atoms. The zero-order chi connectivity index (χ0) is 45.7. The van der Waals surface area contributed by atoms with Crippen LogP contribution in [0.2, 0.25) is 0 Å². The Morgan fingerprint density at radius 1 is 0.406 bits per heavy atom. The van der Waals surface area contributed by atoms with Crippen LogP contribution in [0.15, 0.2) is 203 Å². The summed E-state index contributed by atoms with van der Waals surface area (Å²) in [6.45, 7) is 4.25. The van der Waals surface area contributed by atoms with Gasteiger partial charge in [0.1, 0.15) is 22.3 Å². The number of fused-ring (bicyclic) bond motifs is 16. The van der Waals surface area contributed by atoms with Crippen molar-refractivity contribution in [2.45, 2.75) is 20.3 Å². The molecular weight excluding hydrogens is 865 g/mol. The van der Waals surface area contributed by atoms with Gasteiger partial charge < -0.3 is 8.83 Å². The minimum atomic E-state index is 0.516. The minimum absolute atomic E-state index is 0.516. The molecule has 5 aromatic heterocycles. The first-order chi connectivity index (χ1) is 34.1.